The first kappa shape index (κ1) is 18.2. The van der Waals surface area contributed by atoms with Crippen molar-refractivity contribution >= 4 is 46.7 Å². The smallest absolute Gasteiger partial charge is 0.326 e. The zero-order valence-corrected chi connectivity index (χ0v) is 14.3. The number of nitrogens with one attached hydrogen (secondary N) is 1. The van der Waals surface area contributed by atoms with Crippen molar-refractivity contribution in [2.24, 2.45) is 5.10 Å². The maximum Gasteiger partial charge on any atom is 0.326 e. The molecule has 128 valence electrons. The van der Waals surface area contributed by atoms with Crippen LogP contribution in [-0.4, -0.2) is 46.7 Å². The number of halogens is 2. The number of aliphatic carboxylic acids is 1. The highest BCUT2D eigenvalue weighted by atomic mass is 35.5. The van der Waals surface area contributed by atoms with E-state index in [4.69, 9.17) is 23.2 Å². The molecule has 1 aromatic rings. The van der Waals surface area contributed by atoms with Crippen LogP contribution < -0.4 is 5.32 Å². The van der Waals surface area contributed by atoms with Gasteiger partial charge in [-0.3, -0.25) is 9.59 Å². The van der Waals surface area contributed by atoms with Gasteiger partial charge in [-0.2, -0.15) is 5.10 Å². The first-order valence-corrected chi connectivity index (χ1v) is 7.84. The average Bonchev–Trinajstić information content (AvgIpc) is 2.48. The first-order chi connectivity index (χ1) is 11.3. The molecular formula is C15H15Cl2N3O4. The molecule has 7 nitrogen and oxygen atoms in total. The van der Waals surface area contributed by atoms with Crippen LogP contribution in [0.1, 0.15) is 18.4 Å². The number of nitrogens with zero attached hydrogens (tertiary/aromatic N) is 2. The molecule has 0 aliphatic carbocycles. The minimum absolute atomic E-state index is 0.0173. The van der Waals surface area contributed by atoms with Crippen molar-refractivity contribution in [3.05, 3.63) is 33.8 Å². The summed E-state index contributed by atoms with van der Waals surface area (Å²) in [7, 11) is 1.44. The Morgan fingerprint density at radius 1 is 1.29 bits per heavy atom. The van der Waals surface area contributed by atoms with E-state index < -0.39 is 17.9 Å². The van der Waals surface area contributed by atoms with Gasteiger partial charge >= 0.3 is 5.97 Å². The third-order valence-corrected chi connectivity index (χ3v) is 3.87. The molecule has 1 atom stereocenters. The molecule has 0 bridgehead atoms. The fourth-order valence-corrected chi connectivity index (χ4v) is 2.81. The Morgan fingerprint density at radius 2 is 1.92 bits per heavy atom. The van der Waals surface area contributed by atoms with Crippen molar-refractivity contribution in [3.8, 4) is 0 Å². The van der Waals surface area contributed by atoms with Crippen LogP contribution in [0.5, 0.6) is 0 Å². The van der Waals surface area contributed by atoms with Gasteiger partial charge in [-0.1, -0.05) is 23.2 Å². The zero-order valence-electron chi connectivity index (χ0n) is 12.8. The van der Waals surface area contributed by atoms with E-state index in [0.717, 1.165) is 5.01 Å². The topological polar surface area (TPSA) is 99.1 Å². The molecular weight excluding hydrogens is 357 g/mol. The summed E-state index contributed by atoms with van der Waals surface area (Å²) in [6.45, 7) is 0. The van der Waals surface area contributed by atoms with Gasteiger partial charge in [0.1, 0.15) is 11.8 Å². The number of carbonyl (C=O) groups is 3. The summed E-state index contributed by atoms with van der Waals surface area (Å²) in [6.07, 6.45) is 0.345. The van der Waals surface area contributed by atoms with Gasteiger partial charge in [0.25, 0.3) is 5.91 Å². The summed E-state index contributed by atoms with van der Waals surface area (Å²) in [4.78, 5) is 35.0. The molecule has 0 fully saturated rings. The van der Waals surface area contributed by atoms with Crippen LogP contribution in [0.3, 0.4) is 0 Å². The molecule has 0 saturated heterocycles. The van der Waals surface area contributed by atoms with Gasteiger partial charge in [0.05, 0.1) is 0 Å². The number of amides is 2. The Hall–Kier alpha value is -2.12. The van der Waals surface area contributed by atoms with Crippen molar-refractivity contribution in [3.63, 3.8) is 0 Å². The standard InChI is InChI=1S/C15H15Cl2N3O4/c1-20-13(21)3-2-11(19-20)14(22)18-12(15(23)24)6-8-4-9(16)7-10(17)5-8/h4-5,7,12H,2-3,6H2,1H3,(H,18,22)(H,23,24). The number of carboxylic acids is 1. The number of carbonyl (C=O) groups excluding carboxylic acids is 2. The van der Waals surface area contributed by atoms with Crippen LogP contribution >= 0.6 is 23.2 Å². The summed E-state index contributed by atoms with van der Waals surface area (Å²) in [5.41, 5.74) is 0.700. The molecule has 0 aromatic heterocycles. The third kappa shape index (κ3) is 4.69. The van der Waals surface area contributed by atoms with Gasteiger partial charge in [-0.25, -0.2) is 9.80 Å². The summed E-state index contributed by atoms with van der Waals surface area (Å²) >= 11 is 11.8. The number of carboxylic acid groups (broad SMARTS) is 1. The highest BCUT2D eigenvalue weighted by molar-refractivity contribution is 6.39. The second kappa shape index (κ2) is 7.63. The van der Waals surface area contributed by atoms with E-state index in [0.29, 0.717) is 15.6 Å². The van der Waals surface area contributed by atoms with Crippen LogP contribution in [0.25, 0.3) is 0 Å². The van der Waals surface area contributed by atoms with Crippen molar-refractivity contribution in [2.45, 2.75) is 25.3 Å². The van der Waals surface area contributed by atoms with E-state index in [2.05, 4.69) is 10.4 Å². The van der Waals surface area contributed by atoms with E-state index in [1.165, 1.54) is 13.1 Å². The molecule has 0 saturated carbocycles. The average molecular weight is 372 g/mol. The molecule has 1 aromatic carbocycles. The lowest BCUT2D eigenvalue weighted by molar-refractivity contribution is -0.141. The van der Waals surface area contributed by atoms with Crippen molar-refractivity contribution < 1.29 is 19.5 Å². The molecule has 9 heteroatoms. The number of hydrogen-bond acceptors (Lipinski definition) is 4. The van der Waals surface area contributed by atoms with Crippen molar-refractivity contribution in [2.75, 3.05) is 7.05 Å². The summed E-state index contributed by atoms with van der Waals surface area (Å²) in [5.74, 6) is -2.01. The normalized spacial score (nSPS) is 15.7. The largest absolute Gasteiger partial charge is 0.480 e. The number of benzene rings is 1. The molecule has 2 N–H and O–H groups in total. The van der Waals surface area contributed by atoms with E-state index in [1.807, 2.05) is 0 Å². The van der Waals surface area contributed by atoms with Gasteiger partial charge in [0.15, 0.2) is 0 Å². The molecule has 1 aliphatic heterocycles. The Labute approximate surface area is 148 Å². The third-order valence-electron chi connectivity index (χ3n) is 3.44. The summed E-state index contributed by atoms with van der Waals surface area (Å²) in [5, 5.41) is 17.4. The quantitative estimate of drug-likeness (QED) is 0.822. The zero-order chi connectivity index (χ0) is 17.9. The van der Waals surface area contributed by atoms with Gasteiger partial charge in [0, 0.05) is 36.4 Å². The van der Waals surface area contributed by atoms with E-state index in [1.54, 1.807) is 12.1 Å². The van der Waals surface area contributed by atoms with Crippen molar-refractivity contribution in [1.29, 1.82) is 0 Å². The van der Waals surface area contributed by atoms with Gasteiger partial charge in [-0.05, 0) is 23.8 Å². The molecule has 1 unspecified atom stereocenters. The maximum absolute atomic E-state index is 12.2. The lowest BCUT2D eigenvalue weighted by Crippen LogP contribution is -2.46. The number of hydrogen-bond donors (Lipinski definition) is 2. The molecule has 0 spiro atoms. The van der Waals surface area contributed by atoms with Gasteiger partial charge < -0.3 is 10.4 Å². The minimum atomic E-state index is -1.19. The maximum atomic E-state index is 12.2. The van der Waals surface area contributed by atoms with Crippen LogP contribution in [0, 0.1) is 0 Å². The predicted molar refractivity (Wildman–Crippen MR) is 89.2 cm³/mol. The first-order valence-electron chi connectivity index (χ1n) is 7.09. The Morgan fingerprint density at radius 3 is 2.46 bits per heavy atom. The lowest BCUT2D eigenvalue weighted by Gasteiger charge is -2.20. The Kier molecular flexibility index (Phi) is 5.80. The second-order valence-electron chi connectivity index (χ2n) is 5.31. The van der Waals surface area contributed by atoms with Gasteiger partial charge in [0.2, 0.25) is 5.91 Å². The number of rotatable bonds is 5. The fourth-order valence-electron chi connectivity index (χ4n) is 2.24. The summed E-state index contributed by atoms with van der Waals surface area (Å²) in [6, 6.07) is 3.53. The molecule has 1 heterocycles. The highest BCUT2D eigenvalue weighted by Crippen LogP contribution is 2.20. The monoisotopic (exact) mass is 371 g/mol. The lowest BCUT2D eigenvalue weighted by atomic mass is 10.1. The SMILES string of the molecule is CN1N=C(C(=O)NC(Cc2cc(Cl)cc(Cl)c2)C(=O)O)CCC1=O. The molecule has 2 rings (SSSR count). The van der Waals surface area contributed by atoms with E-state index >= 15 is 0 Å². The van der Waals surface area contributed by atoms with E-state index in [-0.39, 0.29) is 30.9 Å². The second-order valence-corrected chi connectivity index (χ2v) is 6.18. The van der Waals surface area contributed by atoms with Crippen LogP contribution in [0.15, 0.2) is 23.3 Å². The number of hydrazone groups is 1. The summed E-state index contributed by atoms with van der Waals surface area (Å²) < 4.78 is 0. The predicted octanol–water partition coefficient (Wildman–Crippen LogP) is 1.71. The molecule has 1 aliphatic rings. The molecule has 2 amide bonds. The minimum Gasteiger partial charge on any atom is -0.480 e. The van der Waals surface area contributed by atoms with E-state index in [9.17, 15) is 19.5 Å². The molecule has 24 heavy (non-hydrogen) atoms. The Bertz CT molecular complexity index is 700. The fraction of sp³-hybridized carbons (Fsp3) is 0.333. The van der Waals surface area contributed by atoms with Crippen LogP contribution in [0.2, 0.25) is 10.0 Å². The Balaban J connectivity index is 2.11. The van der Waals surface area contributed by atoms with Crippen molar-refractivity contribution in [1.82, 2.24) is 10.3 Å². The highest BCUT2D eigenvalue weighted by Gasteiger charge is 2.26. The molecule has 0 radical (unpaired) electrons. The van der Waals surface area contributed by atoms with Gasteiger partial charge in [-0.15, -0.1) is 0 Å². The van der Waals surface area contributed by atoms with Crippen LogP contribution in [0.4, 0.5) is 0 Å². The van der Waals surface area contributed by atoms with Crippen LogP contribution in [-0.2, 0) is 20.8 Å².